The SMILES string of the molecule is CNC(=O)[C@@H]1CN(C(=O)CNS(=O)(=O)c2ccc(F)cc2)c2ccccc2O1. The summed E-state index contributed by atoms with van der Waals surface area (Å²) >= 11 is 0. The van der Waals surface area contributed by atoms with Crippen molar-refractivity contribution < 1.29 is 27.1 Å². The van der Waals surface area contributed by atoms with Gasteiger partial charge in [-0.05, 0) is 36.4 Å². The maximum atomic E-state index is 13.0. The van der Waals surface area contributed by atoms with Gasteiger partial charge in [0.15, 0.2) is 6.10 Å². The van der Waals surface area contributed by atoms with E-state index in [1.165, 1.54) is 11.9 Å². The average molecular weight is 407 g/mol. The lowest BCUT2D eigenvalue weighted by Gasteiger charge is -2.34. The van der Waals surface area contributed by atoms with Gasteiger partial charge >= 0.3 is 0 Å². The number of halogens is 1. The second-order valence-electron chi connectivity index (χ2n) is 5.97. The smallest absolute Gasteiger partial charge is 0.262 e. The summed E-state index contributed by atoms with van der Waals surface area (Å²) in [7, 11) is -2.54. The van der Waals surface area contributed by atoms with Gasteiger partial charge in [-0.25, -0.2) is 17.5 Å². The first-order chi connectivity index (χ1) is 13.3. The van der Waals surface area contributed by atoms with Crippen LogP contribution >= 0.6 is 0 Å². The number of ether oxygens (including phenoxy) is 1. The predicted molar refractivity (Wildman–Crippen MR) is 98.9 cm³/mol. The van der Waals surface area contributed by atoms with Crippen LogP contribution in [0.5, 0.6) is 5.75 Å². The monoisotopic (exact) mass is 407 g/mol. The molecule has 148 valence electrons. The molecule has 1 aliphatic rings. The number of para-hydroxylation sites is 2. The number of benzene rings is 2. The molecule has 0 bridgehead atoms. The molecule has 0 spiro atoms. The Morgan fingerprint density at radius 3 is 2.54 bits per heavy atom. The molecule has 2 aromatic rings. The molecule has 1 heterocycles. The Labute approximate surface area is 161 Å². The summed E-state index contributed by atoms with van der Waals surface area (Å²) in [5, 5.41) is 2.46. The van der Waals surface area contributed by atoms with Crippen LogP contribution in [0.1, 0.15) is 0 Å². The third kappa shape index (κ3) is 4.12. The molecule has 0 radical (unpaired) electrons. The highest BCUT2D eigenvalue weighted by molar-refractivity contribution is 7.89. The molecule has 10 heteroatoms. The molecule has 0 unspecified atom stereocenters. The second kappa shape index (κ2) is 7.95. The van der Waals surface area contributed by atoms with Crippen LogP contribution in [0.3, 0.4) is 0 Å². The number of sulfonamides is 1. The minimum atomic E-state index is -4.00. The van der Waals surface area contributed by atoms with Crippen LogP contribution in [-0.2, 0) is 19.6 Å². The van der Waals surface area contributed by atoms with Crippen molar-refractivity contribution in [3.63, 3.8) is 0 Å². The zero-order chi connectivity index (χ0) is 20.3. The summed E-state index contributed by atoms with van der Waals surface area (Å²) in [6.45, 7) is -0.595. The quantitative estimate of drug-likeness (QED) is 0.757. The Hall–Kier alpha value is -2.98. The van der Waals surface area contributed by atoms with Gasteiger partial charge in [-0.1, -0.05) is 12.1 Å². The molecule has 0 aromatic heterocycles. The summed E-state index contributed by atoms with van der Waals surface area (Å²) in [5.74, 6) is -1.19. The Balaban J connectivity index is 1.77. The number of carbonyl (C=O) groups is 2. The molecule has 3 rings (SSSR count). The van der Waals surface area contributed by atoms with E-state index >= 15 is 0 Å². The van der Waals surface area contributed by atoms with Crippen LogP contribution in [0.2, 0.25) is 0 Å². The topological polar surface area (TPSA) is 105 Å². The van der Waals surface area contributed by atoms with Crippen molar-refractivity contribution in [2.45, 2.75) is 11.0 Å². The Bertz CT molecular complexity index is 995. The summed E-state index contributed by atoms with van der Waals surface area (Å²) in [4.78, 5) is 25.8. The number of fused-ring (bicyclic) bond motifs is 1. The summed E-state index contributed by atoms with van der Waals surface area (Å²) in [5.41, 5.74) is 0.439. The number of hydrogen-bond donors (Lipinski definition) is 2. The van der Waals surface area contributed by atoms with Crippen LogP contribution < -0.4 is 19.7 Å². The number of amides is 2. The van der Waals surface area contributed by atoms with E-state index in [9.17, 15) is 22.4 Å². The number of nitrogens with one attached hydrogen (secondary N) is 2. The highest BCUT2D eigenvalue weighted by Gasteiger charge is 2.33. The lowest BCUT2D eigenvalue weighted by molar-refractivity contribution is -0.127. The molecule has 0 fully saturated rings. The largest absolute Gasteiger partial charge is 0.477 e. The minimum absolute atomic E-state index is 0.0617. The second-order valence-corrected chi connectivity index (χ2v) is 7.74. The maximum Gasteiger partial charge on any atom is 0.262 e. The number of likely N-dealkylation sites (N-methyl/N-ethyl adjacent to an activating group) is 1. The highest BCUT2D eigenvalue weighted by atomic mass is 32.2. The zero-order valence-electron chi connectivity index (χ0n) is 14.9. The fraction of sp³-hybridized carbons (Fsp3) is 0.222. The molecule has 2 amide bonds. The van der Waals surface area contributed by atoms with Gasteiger partial charge in [0.2, 0.25) is 15.9 Å². The third-order valence-corrected chi connectivity index (χ3v) is 5.57. The average Bonchev–Trinajstić information content (AvgIpc) is 2.71. The van der Waals surface area contributed by atoms with E-state index in [1.54, 1.807) is 24.3 Å². The van der Waals surface area contributed by atoms with Crippen molar-refractivity contribution in [1.29, 1.82) is 0 Å². The predicted octanol–water partition coefficient (Wildman–Crippen LogP) is 0.644. The molecule has 2 N–H and O–H groups in total. The van der Waals surface area contributed by atoms with E-state index in [0.29, 0.717) is 11.4 Å². The first-order valence-electron chi connectivity index (χ1n) is 8.34. The fourth-order valence-electron chi connectivity index (χ4n) is 2.72. The van der Waals surface area contributed by atoms with Gasteiger partial charge in [-0.3, -0.25) is 9.59 Å². The zero-order valence-corrected chi connectivity index (χ0v) is 15.7. The standard InChI is InChI=1S/C18H18FN3O5S/c1-20-18(24)16-11-22(14-4-2-3-5-15(14)27-16)17(23)10-21-28(25,26)13-8-6-12(19)7-9-13/h2-9,16,21H,10-11H2,1H3,(H,20,24)/t16-/m0/s1. The molecule has 1 aliphatic heterocycles. The van der Waals surface area contributed by atoms with Crippen molar-refractivity contribution in [3.05, 3.63) is 54.3 Å². The van der Waals surface area contributed by atoms with Gasteiger partial charge in [-0.2, -0.15) is 0 Å². The van der Waals surface area contributed by atoms with Gasteiger partial charge in [0.05, 0.1) is 23.7 Å². The van der Waals surface area contributed by atoms with E-state index in [4.69, 9.17) is 4.74 Å². The normalized spacial score (nSPS) is 16.1. The molecule has 2 aromatic carbocycles. The molecule has 8 nitrogen and oxygen atoms in total. The highest BCUT2D eigenvalue weighted by Crippen LogP contribution is 2.33. The number of anilines is 1. The van der Waals surface area contributed by atoms with Crippen molar-refractivity contribution in [3.8, 4) is 5.75 Å². The van der Waals surface area contributed by atoms with E-state index in [-0.39, 0.29) is 11.4 Å². The van der Waals surface area contributed by atoms with Crippen LogP contribution in [-0.4, -0.2) is 46.5 Å². The van der Waals surface area contributed by atoms with Gasteiger partial charge in [0, 0.05) is 7.05 Å². The fourth-order valence-corrected chi connectivity index (χ4v) is 3.69. The lowest BCUT2D eigenvalue weighted by atomic mass is 10.1. The summed E-state index contributed by atoms with van der Waals surface area (Å²) < 4.78 is 45.4. The van der Waals surface area contributed by atoms with Gasteiger partial charge in [-0.15, -0.1) is 0 Å². The summed E-state index contributed by atoms with van der Waals surface area (Å²) in [6, 6.07) is 10.9. The van der Waals surface area contributed by atoms with Crippen LogP contribution in [0, 0.1) is 5.82 Å². The molecular weight excluding hydrogens is 389 g/mol. The van der Waals surface area contributed by atoms with Crippen LogP contribution in [0.4, 0.5) is 10.1 Å². The first kappa shape index (κ1) is 19.8. The van der Waals surface area contributed by atoms with E-state index in [1.807, 2.05) is 0 Å². The van der Waals surface area contributed by atoms with E-state index < -0.39 is 40.3 Å². The van der Waals surface area contributed by atoms with Crippen molar-refractivity contribution in [2.75, 3.05) is 25.0 Å². The number of nitrogens with zero attached hydrogens (tertiary/aromatic N) is 1. The van der Waals surface area contributed by atoms with Crippen molar-refractivity contribution in [1.82, 2.24) is 10.0 Å². The molecule has 0 saturated carbocycles. The van der Waals surface area contributed by atoms with Gasteiger partial charge < -0.3 is 15.0 Å². The molecule has 1 atom stereocenters. The molecule has 0 saturated heterocycles. The summed E-state index contributed by atoms with van der Waals surface area (Å²) in [6.07, 6.45) is -0.919. The van der Waals surface area contributed by atoms with Gasteiger partial charge in [0.1, 0.15) is 11.6 Å². The minimum Gasteiger partial charge on any atom is -0.477 e. The Morgan fingerprint density at radius 2 is 1.86 bits per heavy atom. The molecular formula is C18H18FN3O5S. The Kier molecular flexibility index (Phi) is 5.61. The molecule has 0 aliphatic carbocycles. The third-order valence-electron chi connectivity index (χ3n) is 4.15. The van der Waals surface area contributed by atoms with Crippen LogP contribution in [0.15, 0.2) is 53.4 Å². The number of hydrogen-bond acceptors (Lipinski definition) is 5. The van der Waals surface area contributed by atoms with E-state index in [0.717, 1.165) is 24.3 Å². The number of rotatable bonds is 5. The van der Waals surface area contributed by atoms with Crippen molar-refractivity contribution >= 4 is 27.5 Å². The van der Waals surface area contributed by atoms with Crippen molar-refractivity contribution in [2.24, 2.45) is 0 Å². The lowest BCUT2D eigenvalue weighted by Crippen LogP contribution is -2.52. The Morgan fingerprint density at radius 1 is 1.18 bits per heavy atom. The van der Waals surface area contributed by atoms with Gasteiger partial charge in [0.25, 0.3) is 5.91 Å². The molecule has 28 heavy (non-hydrogen) atoms. The van der Waals surface area contributed by atoms with E-state index in [2.05, 4.69) is 10.0 Å². The van der Waals surface area contributed by atoms with Crippen LogP contribution in [0.25, 0.3) is 0 Å². The number of carbonyl (C=O) groups excluding carboxylic acids is 2. The first-order valence-corrected chi connectivity index (χ1v) is 9.83. The maximum absolute atomic E-state index is 13.0.